The molecule has 1 amide bonds. The Hall–Kier alpha value is -1.92. The van der Waals surface area contributed by atoms with Crippen molar-refractivity contribution in [1.29, 1.82) is 0 Å². The lowest BCUT2D eigenvalue weighted by Crippen LogP contribution is -2.11. The van der Waals surface area contributed by atoms with Gasteiger partial charge in [-0.05, 0) is 36.1 Å². The highest BCUT2D eigenvalue weighted by molar-refractivity contribution is 7.22. The van der Waals surface area contributed by atoms with E-state index in [1.165, 1.54) is 16.2 Å². The minimum absolute atomic E-state index is 0.00517. The van der Waals surface area contributed by atoms with Gasteiger partial charge < -0.3 is 10.1 Å². The van der Waals surface area contributed by atoms with Gasteiger partial charge in [-0.3, -0.25) is 4.79 Å². The Morgan fingerprint density at radius 3 is 3.05 bits per heavy atom. The lowest BCUT2D eigenvalue weighted by Gasteiger charge is -1.99. The van der Waals surface area contributed by atoms with E-state index in [-0.39, 0.29) is 5.91 Å². The molecular formula is C15H14N2O2S2. The van der Waals surface area contributed by atoms with Crippen LogP contribution in [0.2, 0.25) is 0 Å². The van der Waals surface area contributed by atoms with Gasteiger partial charge in [-0.2, -0.15) is 0 Å². The largest absolute Gasteiger partial charge is 0.497 e. The van der Waals surface area contributed by atoms with Crippen molar-refractivity contribution in [2.75, 3.05) is 12.4 Å². The molecule has 4 nitrogen and oxygen atoms in total. The third-order valence-corrected chi connectivity index (χ3v) is 4.89. The normalized spacial score (nSPS) is 10.7. The molecule has 6 heteroatoms. The van der Waals surface area contributed by atoms with Crippen molar-refractivity contribution in [1.82, 2.24) is 4.98 Å². The summed E-state index contributed by atoms with van der Waals surface area (Å²) in [6.07, 6.45) is 1.24. The maximum atomic E-state index is 11.9. The van der Waals surface area contributed by atoms with E-state index in [1.807, 2.05) is 35.7 Å². The minimum atomic E-state index is -0.00517. The predicted octanol–water partition coefficient (Wildman–Crippen LogP) is 3.94. The first-order chi connectivity index (χ1) is 10.2. The number of carbonyl (C=O) groups excluding carboxylic acids is 1. The Balaban J connectivity index is 1.65. The average Bonchev–Trinajstić information content (AvgIpc) is 3.13. The van der Waals surface area contributed by atoms with Crippen molar-refractivity contribution in [2.45, 2.75) is 12.8 Å². The first-order valence-electron chi connectivity index (χ1n) is 6.51. The molecule has 3 aromatic rings. The number of amides is 1. The van der Waals surface area contributed by atoms with Crippen LogP contribution in [0.5, 0.6) is 5.75 Å². The quantitative estimate of drug-likeness (QED) is 0.775. The van der Waals surface area contributed by atoms with Gasteiger partial charge in [0.25, 0.3) is 0 Å². The van der Waals surface area contributed by atoms with Crippen molar-refractivity contribution in [2.24, 2.45) is 0 Å². The van der Waals surface area contributed by atoms with Gasteiger partial charge >= 0.3 is 0 Å². The van der Waals surface area contributed by atoms with Crippen molar-refractivity contribution in [3.63, 3.8) is 0 Å². The summed E-state index contributed by atoms with van der Waals surface area (Å²) >= 11 is 3.13. The number of carbonyl (C=O) groups is 1. The number of methoxy groups -OCH3 is 1. The van der Waals surface area contributed by atoms with Gasteiger partial charge in [0.15, 0.2) is 5.13 Å². The molecule has 0 fully saturated rings. The molecule has 0 aliphatic carbocycles. The Bertz CT molecular complexity index is 750. The molecule has 1 N–H and O–H groups in total. The number of aromatic nitrogens is 1. The second-order valence-corrected chi connectivity index (χ2v) is 6.54. The zero-order chi connectivity index (χ0) is 14.7. The van der Waals surface area contributed by atoms with Crippen LogP contribution in [0.3, 0.4) is 0 Å². The SMILES string of the molecule is COc1ccc2nc(NC(=O)CCc3cccs3)sc2c1. The Morgan fingerprint density at radius 2 is 2.29 bits per heavy atom. The molecule has 0 aliphatic heterocycles. The molecular weight excluding hydrogens is 304 g/mol. The number of nitrogens with zero attached hydrogens (tertiary/aromatic N) is 1. The highest BCUT2D eigenvalue weighted by Crippen LogP contribution is 2.29. The Kier molecular flexibility index (Phi) is 4.17. The zero-order valence-corrected chi connectivity index (χ0v) is 13.1. The number of aryl methyl sites for hydroxylation is 1. The molecule has 0 saturated heterocycles. The summed E-state index contributed by atoms with van der Waals surface area (Å²) in [5, 5.41) is 5.52. The van der Waals surface area contributed by atoms with Crippen LogP contribution in [-0.4, -0.2) is 18.0 Å². The number of fused-ring (bicyclic) bond motifs is 1. The van der Waals surface area contributed by atoms with Crippen LogP contribution in [0, 0.1) is 0 Å². The molecule has 0 unspecified atom stereocenters. The van der Waals surface area contributed by atoms with Gasteiger partial charge in [0, 0.05) is 11.3 Å². The van der Waals surface area contributed by atoms with Gasteiger partial charge in [0.05, 0.1) is 17.3 Å². The summed E-state index contributed by atoms with van der Waals surface area (Å²) in [7, 11) is 1.63. The highest BCUT2D eigenvalue weighted by Gasteiger charge is 2.09. The van der Waals surface area contributed by atoms with E-state index in [4.69, 9.17) is 4.74 Å². The highest BCUT2D eigenvalue weighted by atomic mass is 32.1. The third-order valence-electron chi connectivity index (χ3n) is 3.02. The summed E-state index contributed by atoms with van der Waals surface area (Å²) in [5.41, 5.74) is 0.870. The summed E-state index contributed by atoms with van der Waals surface area (Å²) in [6.45, 7) is 0. The van der Waals surface area contributed by atoms with Crippen LogP contribution < -0.4 is 10.1 Å². The lowest BCUT2D eigenvalue weighted by atomic mass is 10.2. The van der Waals surface area contributed by atoms with Gasteiger partial charge in [0.1, 0.15) is 5.75 Å². The average molecular weight is 318 g/mol. The number of nitrogens with one attached hydrogen (secondary N) is 1. The van der Waals surface area contributed by atoms with Gasteiger partial charge in [-0.15, -0.1) is 11.3 Å². The number of anilines is 1. The Morgan fingerprint density at radius 1 is 1.38 bits per heavy atom. The second-order valence-electron chi connectivity index (χ2n) is 4.48. The summed E-state index contributed by atoms with van der Waals surface area (Å²) < 4.78 is 6.19. The molecule has 0 bridgehead atoms. The predicted molar refractivity (Wildman–Crippen MR) is 87.4 cm³/mol. The molecule has 1 aromatic carbocycles. The fraction of sp³-hybridized carbons (Fsp3) is 0.200. The third kappa shape index (κ3) is 3.40. The van der Waals surface area contributed by atoms with Crippen molar-refractivity contribution in [3.8, 4) is 5.75 Å². The zero-order valence-electron chi connectivity index (χ0n) is 11.5. The number of ether oxygens (including phenoxy) is 1. The molecule has 3 rings (SSSR count). The first-order valence-corrected chi connectivity index (χ1v) is 8.21. The fourth-order valence-corrected chi connectivity index (χ4v) is 3.58. The maximum absolute atomic E-state index is 11.9. The molecule has 0 atom stereocenters. The number of rotatable bonds is 5. The summed E-state index contributed by atoms with van der Waals surface area (Å²) in [6, 6.07) is 9.73. The smallest absolute Gasteiger partial charge is 0.226 e. The molecule has 0 radical (unpaired) electrons. The van der Waals surface area contributed by atoms with Crippen LogP contribution in [0.15, 0.2) is 35.7 Å². The van der Waals surface area contributed by atoms with Crippen LogP contribution in [0.4, 0.5) is 5.13 Å². The number of hydrogen-bond acceptors (Lipinski definition) is 5. The molecule has 0 saturated carbocycles. The van der Waals surface area contributed by atoms with Gasteiger partial charge in [-0.1, -0.05) is 17.4 Å². The fourth-order valence-electron chi connectivity index (χ4n) is 1.96. The molecule has 108 valence electrons. The number of thiophene rings is 1. The summed E-state index contributed by atoms with van der Waals surface area (Å²) in [5.74, 6) is 0.788. The minimum Gasteiger partial charge on any atom is -0.497 e. The van der Waals surface area contributed by atoms with Crippen molar-refractivity contribution in [3.05, 3.63) is 40.6 Å². The van der Waals surface area contributed by atoms with Gasteiger partial charge in [-0.25, -0.2) is 4.98 Å². The van der Waals surface area contributed by atoms with Crippen LogP contribution in [0.25, 0.3) is 10.2 Å². The number of hydrogen-bond donors (Lipinski definition) is 1. The molecule has 0 aliphatic rings. The molecule has 0 spiro atoms. The molecule has 21 heavy (non-hydrogen) atoms. The van der Waals surface area contributed by atoms with E-state index in [2.05, 4.69) is 10.3 Å². The van der Waals surface area contributed by atoms with E-state index in [0.717, 1.165) is 22.4 Å². The Labute approximate surface area is 130 Å². The number of thiazole rings is 1. The first kappa shape index (κ1) is 14.0. The van der Waals surface area contributed by atoms with Crippen LogP contribution in [-0.2, 0) is 11.2 Å². The standard InChI is InChI=1S/C15H14N2O2S2/c1-19-10-4-6-12-13(9-10)21-15(16-12)17-14(18)7-5-11-3-2-8-20-11/h2-4,6,8-9H,5,7H2,1H3,(H,16,17,18). The van der Waals surface area contributed by atoms with E-state index in [9.17, 15) is 4.79 Å². The van der Waals surface area contributed by atoms with Crippen molar-refractivity contribution >= 4 is 43.9 Å². The van der Waals surface area contributed by atoms with Crippen LogP contribution in [0.1, 0.15) is 11.3 Å². The van der Waals surface area contributed by atoms with Crippen molar-refractivity contribution < 1.29 is 9.53 Å². The topological polar surface area (TPSA) is 51.2 Å². The van der Waals surface area contributed by atoms with Gasteiger partial charge in [0.2, 0.25) is 5.91 Å². The molecule has 2 aromatic heterocycles. The molecule has 2 heterocycles. The second kappa shape index (κ2) is 6.24. The van der Waals surface area contributed by atoms with E-state index >= 15 is 0 Å². The van der Waals surface area contributed by atoms with Crippen LogP contribution >= 0.6 is 22.7 Å². The van der Waals surface area contributed by atoms with E-state index < -0.39 is 0 Å². The van der Waals surface area contributed by atoms with E-state index in [1.54, 1.807) is 18.4 Å². The lowest BCUT2D eigenvalue weighted by molar-refractivity contribution is -0.116. The number of benzene rings is 1. The summed E-state index contributed by atoms with van der Waals surface area (Å²) in [4.78, 5) is 17.6. The van der Waals surface area contributed by atoms with E-state index in [0.29, 0.717) is 11.6 Å². The maximum Gasteiger partial charge on any atom is 0.226 e. The monoisotopic (exact) mass is 318 g/mol.